The van der Waals surface area contributed by atoms with Crippen LogP contribution in [0.15, 0.2) is 36.7 Å². The Labute approximate surface area is 136 Å². The Bertz CT molecular complexity index is 644. The maximum absolute atomic E-state index is 12.4. The third-order valence-corrected chi connectivity index (χ3v) is 4.02. The van der Waals surface area contributed by atoms with Gasteiger partial charge in [-0.25, -0.2) is 0 Å². The van der Waals surface area contributed by atoms with Crippen LogP contribution in [0.3, 0.4) is 0 Å². The summed E-state index contributed by atoms with van der Waals surface area (Å²) in [5.74, 6) is 1.18. The number of hydrogen-bond donors (Lipinski definition) is 1. The molecule has 1 amide bonds. The van der Waals surface area contributed by atoms with E-state index in [1.54, 1.807) is 24.5 Å². The Kier molecular flexibility index (Phi) is 4.80. The number of likely N-dealkylation sites (tertiary alicyclic amines) is 1. The number of pyridine rings is 1. The second kappa shape index (κ2) is 7.17. The molecule has 0 bridgehead atoms. The molecule has 1 N–H and O–H groups in total. The summed E-state index contributed by atoms with van der Waals surface area (Å²) in [4.78, 5) is 18.4. The SMILES string of the molecule is CC1CCCN(C(=O)c2ccc(NCc3cccnc3)nn2)C1. The monoisotopic (exact) mass is 311 g/mol. The minimum atomic E-state index is -0.0251. The summed E-state index contributed by atoms with van der Waals surface area (Å²) in [6.45, 7) is 4.42. The van der Waals surface area contributed by atoms with E-state index in [0.717, 1.165) is 25.1 Å². The van der Waals surface area contributed by atoms with E-state index in [-0.39, 0.29) is 5.91 Å². The zero-order valence-electron chi connectivity index (χ0n) is 13.3. The number of anilines is 1. The number of nitrogens with zero attached hydrogens (tertiary/aromatic N) is 4. The Morgan fingerprint density at radius 2 is 2.26 bits per heavy atom. The van der Waals surface area contributed by atoms with Gasteiger partial charge in [-0.15, -0.1) is 10.2 Å². The molecular weight excluding hydrogens is 290 g/mol. The van der Waals surface area contributed by atoms with Gasteiger partial charge in [-0.2, -0.15) is 0 Å². The lowest BCUT2D eigenvalue weighted by molar-refractivity contribution is 0.0676. The van der Waals surface area contributed by atoms with Crippen molar-refractivity contribution in [3.8, 4) is 0 Å². The highest BCUT2D eigenvalue weighted by Gasteiger charge is 2.23. The van der Waals surface area contributed by atoms with Crippen LogP contribution in [0.1, 0.15) is 35.8 Å². The summed E-state index contributed by atoms with van der Waals surface area (Å²) in [6, 6.07) is 7.41. The molecule has 3 rings (SSSR count). The van der Waals surface area contributed by atoms with E-state index < -0.39 is 0 Å². The maximum Gasteiger partial charge on any atom is 0.274 e. The fourth-order valence-corrected chi connectivity index (χ4v) is 2.77. The first-order valence-electron chi connectivity index (χ1n) is 7.98. The van der Waals surface area contributed by atoms with Crippen LogP contribution in [0.4, 0.5) is 5.82 Å². The van der Waals surface area contributed by atoms with E-state index in [9.17, 15) is 4.79 Å². The van der Waals surface area contributed by atoms with Gasteiger partial charge in [0.25, 0.3) is 5.91 Å². The molecule has 1 unspecified atom stereocenters. The van der Waals surface area contributed by atoms with Crippen molar-refractivity contribution in [1.29, 1.82) is 0 Å². The molecule has 0 radical (unpaired) electrons. The molecule has 0 saturated carbocycles. The molecule has 1 saturated heterocycles. The smallest absolute Gasteiger partial charge is 0.274 e. The third-order valence-electron chi connectivity index (χ3n) is 4.02. The van der Waals surface area contributed by atoms with Crippen molar-refractivity contribution in [2.45, 2.75) is 26.3 Å². The second-order valence-corrected chi connectivity index (χ2v) is 6.02. The van der Waals surface area contributed by atoms with Crippen molar-refractivity contribution >= 4 is 11.7 Å². The van der Waals surface area contributed by atoms with Crippen molar-refractivity contribution in [3.05, 3.63) is 47.9 Å². The van der Waals surface area contributed by atoms with Crippen LogP contribution < -0.4 is 5.32 Å². The molecular formula is C17H21N5O. The lowest BCUT2D eigenvalue weighted by atomic mass is 10.00. The summed E-state index contributed by atoms with van der Waals surface area (Å²) in [6.07, 6.45) is 5.79. The highest BCUT2D eigenvalue weighted by atomic mass is 16.2. The van der Waals surface area contributed by atoms with E-state index in [1.165, 1.54) is 6.42 Å². The molecule has 6 nitrogen and oxygen atoms in total. The Morgan fingerprint density at radius 3 is 2.96 bits per heavy atom. The molecule has 0 spiro atoms. The van der Waals surface area contributed by atoms with Crippen LogP contribution in [0.2, 0.25) is 0 Å². The number of piperidine rings is 1. The molecule has 1 aliphatic heterocycles. The zero-order chi connectivity index (χ0) is 16.1. The molecule has 2 aromatic rings. The van der Waals surface area contributed by atoms with E-state index >= 15 is 0 Å². The molecule has 1 aliphatic rings. The highest BCUT2D eigenvalue weighted by Crippen LogP contribution is 2.17. The number of aromatic nitrogens is 3. The Morgan fingerprint density at radius 1 is 1.35 bits per heavy atom. The van der Waals surface area contributed by atoms with E-state index in [1.807, 2.05) is 17.0 Å². The molecule has 23 heavy (non-hydrogen) atoms. The van der Waals surface area contributed by atoms with Gasteiger partial charge in [0.2, 0.25) is 0 Å². The van der Waals surface area contributed by atoms with Gasteiger partial charge in [0, 0.05) is 32.0 Å². The topological polar surface area (TPSA) is 71.0 Å². The van der Waals surface area contributed by atoms with E-state index in [0.29, 0.717) is 24.0 Å². The number of nitrogens with one attached hydrogen (secondary N) is 1. The van der Waals surface area contributed by atoms with Gasteiger partial charge in [0.1, 0.15) is 5.82 Å². The van der Waals surface area contributed by atoms with Crippen LogP contribution in [0.5, 0.6) is 0 Å². The van der Waals surface area contributed by atoms with Gasteiger partial charge in [0.05, 0.1) is 0 Å². The van der Waals surface area contributed by atoms with Crippen LogP contribution in [-0.2, 0) is 6.54 Å². The van der Waals surface area contributed by atoms with Crippen LogP contribution >= 0.6 is 0 Å². The Hall–Kier alpha value is -2.50. The van der Waals surface area contributed by atoms with E-state index in [2.05, 4.69) is 27.4 Å². The minimum absolute atomic E-state index is 0.0251. The largest absolute Gasteiger partial charge is 0.364 e. The van der Waals surface area contributed by atoms with Gasteiger partial charge in [-0.05, 0) is 42.5 Å². The summed E-state index contributed by atoms with van der Waals surface area (Å²) in [5.41, 5.74) is 1.47. The lowest BCUT2D eigenvalue weighted by Crippen LogP contribution is -2.39. The predicted molar refractivity (Wildman–Crippen MR) is 87.9 cm³/mol. The molecule has 2 aromatic heterocycles. The number of amides is 1. The molecule has 0 aromatic carbocycles. The fourth-order valence-electron chi connectivity index (χ4n) is 2.77. The van der Waals surface area contributed by atoms with Gasteiger partial charge in [-0.3, -0.25) is 9.78 Å². The van der Waals surface area contributed by atoms with Crippen molar-refractivity contribution < 1.29 is 4.79 Å². The van der Waals surface area contributed by atoms with Crippen molar-refractivity contribution in [1.82, 2.24) is 20.1 Å². The normalized spacial score (nSPS) is 17.8. The van der Waals surface area contributed by atoms with Crippen molar-refractivity contribution in [2.75, 3.05) is 18.4 Å². The lowest BCUT2D eigenvalue weighted by Gasteiger charge is -2.30. The number of carbonyl (C=O) groups excluding carboxylic acids is 1. The molecule has 120 valence electrons. The fraction of sp³-hybridized carbons (Fsp3) is 0.412. The average molecular weight is 311 g/mol. The molecule has 0 aliphatic carbocycles. The summed E-state index contributed by atoms with van der Waals surface area (Å²) < 4.78 is 0. The summed E-state index contributed by atoms with van der Waals surface area (Å²) in [5, 5.41) is 11.3. The molecule has 1 atom stereocenters. The quantitative estimate of drug-likeness (QED) is 0.938. The van der Waals surface area contributed by atoms with Crippen molar-refractivity contribution in [3.63, 3.8) is 0 Å². The first kappa shape index (κ1) is 15.4. The first-order chi connectivity index (χ1) is 11.2. The Balaban J connectivity index is 1.59. The predicted octanol–water partition coefficient (Wildman–Crippen LogP) is 2.36. The van der Waals surface area contributed by atoms with Crippen molar-refractivity contribution in [2.24, 2.45) is 5.92 Å². The molecule has 6 heteroatoms. The number of carbonyl (C=O) groups is 1. The molecule has 1 fully saturated rings. The van der Waals surface area contributed by atoms with Gasteiger partial charge >= 0.3 is 0 Å². The summed E-state index contributed by atoms with van der Waals surface area (Å²) in [7, 11) is 0. The standard InChI is InChI=1S/C17H21N5O/c1-13-4-3-9-22(12-13)17(23)15-6-7-16(21-20-15)19-11-14-5-2-8-18-10-14/h2,5-8,10,13H,3-4,9,11-12H2,1H3,(H,19,21). The molecule has 3 heterocycles. The van der Waals surface area contributed by atoms with Crippen LogP contribution in [0.25, 0.3) is 0 Å². The highest BCUT2D eigenvalue weighted by molar-refractivity contribution is 5.92. The average Bonchev–Trinajstić information content (AvgIpc) is 2.61. The third kappa shape index (κ3) is 4.03. The first-order valence-corrected chi connectivity index (χ1v) is 7.98. The van der Waals surface area contributed by atoms with Crippen LogP contribution in [0, 0.1) is 5.92 Å². The van der Waals surface area contributed by atoms with E-state index in [4.69, 9.17) is 0 Å². The second-order valence-electron chi connectivity index (χ2n) is 6.02. The minimum Gasteiger partial charge on any atom is -0.364 e. The van der Waals surface area contributed by atoms with Gasteiger partial charge in [0.15, 0.2) is 5.69 Å². The van der Waals surface area contributed by atoms with Crippen LogP contribution in [-0.4, -0.2) is 39.1 Å². The number of rotatable bonds is 4. The van der Waals surface area contributed by atoms with Gasteiger partial charge < -0.3 is 10.2 Å². The summed E-state index contributed by atoms with van der Waals surface area (Å²) >= 11 is 0. The maximum atomic E-state index is 12.4. The zero-order valence-corrected chi connectivity index (χ0v) is 13.3. The van der Waals surface area contributed by atoms with Gasteiger partial charge in [-0.1, -0.05) is 13.0 Å². The number of hydrogen-bond acceptors (Lipinski definition) is 5.